The summed E-state index contributed by atoms with van der Waals surface area (Å²) >= 11 is 0. The predicted octanol–water partition coefficient (Wildman–Crippen LogP) is 4.11. The van der Waals surface area contributed by atoms with Crippen molar-refractivity contribution in [3.63, 3.8) is 0 Å². The molecule has 0 bridgehead atoms. The third kappa shape index (κ3) is 3.82. The molecule has 5 heteroatoms. The highest BCUT2D eigenvalue weighted by Gasteiger charge is 2.30. The van der Waals surface area contributed by atoms with E-state index in [9.17, 15) is 13.2 Å². The van der Waals surface area contributed by atoms with Gasteiger partial charge in [-0.3, -0.25) is 4.98 Å². The van der Waals surface area contributed by atoms with E-state index >= 15 is 0 Å². The number of rotatable bonds is 4. The Hall–Kier alpha value is -1.88. The fourth-order valence-corrected chi connectivity index (χ4v) is 2.19. The van der Waals surface area contributed by atoms with Gasteiger partial charge in [0.05, 0.1) is 17.3 Å². The van der Waals surface area contributed by atoms with Crippen molar-refractivity contribution >= 4 is 0 Å². The number of aryl methyl sites for hydroxylation is 1. The average molecular weight is 294 g/mol. The third-order valence-corrected chi connectivity index (χ3v) is 3.19. The van der Waals surface area contributed by atoms with Crippen LogP contribution in [0.4, 0.5) is 13.2 Å². The predicted molar refractivity (Wildman–Crippen MR) is 75.9 cm³/mol. The molecule has 112 valence electrons. The lowest BCUT2D eigenvalue weighted by atomic mass is 10.0. The molecule has 2 aromatic rings. The van der Waals surface area contributed by atoms with Gasteiger partial charge in [0.25, 0.3) is 0 Å². The molecule has 1 N–H and O–H groups in total. The lowest BCUT2D eigenvalue weighted by Gasteiger charge is -2.19. The highest BCUT2D eigenvalue weighted by molar-refractivity contribution is 5.32. The second-order valence-electron chi connectivity index (χ2n) is 4.81. The van der Waals surface area contributed by atoms with E-state index in [0.717, 1.165) is 29.1 Å². The Kier molecular flexibility index (Phi) is 4.63. The first-order chi connectivity index (χ1) is 9.91. The summed E-state index contributed by atoms with van der Waals surface area (Å²) in [6, 6.07) is 10.7. The molecule has 0 spiro atoms. The first kappa shape index (κ1) is 15.5. The van der Waals surface area contributed by atoms with Crippen molar-refractivity contribution in [3.8, 4) is 0 Å². The van der Waals surface area contributed by atoms with E-state index in [1.165, 1.54) is 12.1 Å². The number of hydrogen-bond acceptors (Lipinski definition) is 2. The van der Waals surface area contributed by atoms with Crippen molar-refractivity contribution in [2.45, 2.75) is 26.1 Å². The fraction of sp³-hybridized carbons (Fsp3) is 0.312. The van der Waals surface area contributed by atoms with E-state index < -0.39 is 11.7 Å². The van der Waals surface area contributed by atoms with Gasteiger partial charge in [-0.25, -0.2) is 0 Å². The van der Waals surface area contributed by atoms with Crippen LogP contribution in [0.5, 0.6) is 0 Å². The molecule has 0 amide bonds. The number of aromatic nitrogens is 1. The first-order valence-electron chi connectivity index (χ1n) is 6.76. The van der Waals surface area contributed by atoms with Gasteiger partial charge in [-0.15, -0.1) is 0 Å². The first-order valence-corrected chi connectivity index (χ1v) is 6.76. The molecule has 1 unspecified atom stereocenters. The van der Waals surface area contributed by atoms with E-state index in [1.54, 1.807) is 0 Å². The lowest BCUT2D eigenvalue weighted by Crippen LogP contribution is -2.23. The maximum Gasteiger partial charge on any atom is 0.416 e. The summed E-state index contributed by atoms with van der Waals surface area (Å²) in [5.41, 5.74) is 1.81. The number of benzene rings is 1. The van der Waals surface area contributed by atoms with Gasteiger partial charge < -0.3 is 5.32 Å². The Bertz CT molecular complexity index is 591. The van der Waals surface area contributed by atoms with Gasteiger partial charge in [0.2, 0.25) is 0 Å². The summed E-state index contributed by atoms with van der Waals surface area (Å²) in [6.07, 6.45) is -4.31. The number of nitrogens with one attached hydrogen (secondary N) is 1. The quantitative estimate of drug-likeness (QED) is 0.918. The van der Waals surface area contributed by atoms with Crippen LogP contribution in [-0.4, -0.2) is 11.5 Å². The van der Waals surface area contributed by atoms with Crippen molar-refractivity contribution in [2.24, 2.45) is 0 Å². The maximum absolute atomic E-state index is 12.6. The second kappa shape index (κ2) is 6.26. The molecule has 0 aliphatic carbocycles. The molecule has 0 aliphatic rings. The monoisotopic (exact) mass is 294 g/mol. The SMILES string of the molecule is CCNC(c1ccc(C(F)(F)F)cc1)c1cccc(C)n1. The zero-order valence-electron chi connectivity index (χ0n) is 11.9. The van der Waals surface area contributed by atoms with Gasteiger partial charge in [0, 0.05) is 5.69 Å². The van der Waals surface area contributed by atoms with E-state index in [0.29, 0.717) is 6.54 Å². The van der Waals surface area contributed by atoms with Crippen molar-refractivity contribution in [3.05, 3.63) is 65.0 Å². The van der Waals surface area contributed by atoms with Crippen LogP contribution in [0.25, 0.3) is 0 Å². The summed E-state index contributed by atoms with van der Waals surface area (Å²) in [4.78, 5) is 4.45. The molecule has 21 heavy (non-hydrogen) atoms. The number of pyridine rings is 1. The van der Waals surface area contributed by atoms with Crippen molar-refractivity contribution in [2.75, 3.05) is 6.54 Å². The van der Waals surface area contributed by atoms with Crippen molar-refractivity contribution < 1.29 is 13.2 Å². The number of hydrogen-bond donors (Lipinski definition) is 1. The van der Waals surface area contributed by atoms with Crippen LogP contribution in [-0.2, 0) is 6.18 Å². The Morgan fingerprint density at radius 1 is 1.10 bits per heavy atom. The topological polar surface area (TPSA) is 24.9 Å². The van der Waals surface area contributed by atoms with Gasteiger partial charge in [-0.1, -0.05) is 25.1 Å². The smallest absolute Gasteiger partial charge is 0.305 e. The van der Waals surface area contributed by atoms with Gasteiger partial charge in [-0.05, 0) is 43.3 Å². The van der Waals surface area contributed by atoms with Crippen LogP contribution >= 0.6 is 0 Å². The molecular formula is C16H17F3N2. The molecule has 2 nitrogen and oxygen atoms in total. The minimum absolute atomic E-state index is 0.211. The van der Waals surface area contributed by atoms with Gasteiger partial charge >= 0.3 is 6.18 Å². The van der Waals surface area contributed by atoms with E-state index in [-0.39, 0.29) is 6.04 Å². The third-order valence-electron chi connectivity index (χ3n) is 3.19. The molecule has 1 aromatic heterocycles. The summed E-state index contributed by atoms with van der Waals surface area (Å²) in [6.45, 7) is 4.54. The molecule has 0 fully saturated rings. The normalized spacial score (nSPS) is 13.2. The van der Waals surface area contributed by atoms with Crippen LogP contribution in [0, 0.1) is 6.92 Å². The highest BCUT2D eigenvalue weighted by Crippen LogP contribution is 2.30. The molecule has 0 radical (unpaired) electrons. The minimum atomic E-state index is -4.31. The Morgan fingerprint density at radius 2 is 1.76 bits per heavy atom. The van der Waals surface area contributed by atoms with Crippen LogP contribution in [0.1, 0.15) is 35.5 Å². The maximum atomic E-state index is 12.6. The van der Waals surface area contributed by atoms with Gasteiger partial charge in [0.1, 0.15) is 0 Å². The summed E-state index contributed by atoms with van der Waals surface area (Å²) in [7, 11) is 0. The van der Waals surface area contributed by atoms with Crippen LogP contribution in [0.3, 0.4) is 0 Å². The van der Waals surface area contributed by atoms with E-state index in [1.807, 2.05) is 32.0 Å². The molecule has 1 atom stereocenters. The van der Waals surface area contributed by atoms with Crippen molar-refractivity contribution in [1.82, 2.24) is 10.3 Å². The average Bonchev–Trinajstić information content (AvgIpc) is 2.44. The Morgan fingerprint density at radius 3 is 2.29 bits per heavy atom. The summed E-state index contributed by atoms with van der Waals surface area (Å²) in [5, 5.41) is 3.26. The zero-order chi connectivity index (χ0) is 15.5. The van der Waals surface area contributed by atoms with Crippen molar-refractivity contribution in [1.29, 1.82) is 0 Å². The number of halogens is 3. The lowest BCUT2D eigenvalue weighted by molar-refractivity contribution is -0.137. The molecule has 0 saturated heterocycles. The van der Waals surface area contributed by atoms with E-state index in [4.69, 9.17) is 0 Å². The molecule has 1 heterocycles. The van der Waals surface area contributed by atoms with Crippen LogP contribution in [0.15, 0.2) is 42.5 Å². The molecule has 0 aliphatic heterocycles. The largest absolute Gasteiger partial charge is 0.416 e. The van der Waals surface area contributed by atoms with Crippen LogP contribution < -0.4 is 5.32 Å². The standard InChI is InChI=1S/C16H17F3N2/c1-3-20-15(14-6-4-5-11(2)21-14)12-7-9-13(10-8-12)16(17,18)19/h4-10,15,20H,3H2,1-2H3. The molecule has 0 saturated carbocycles. The fourth-order valence-electron chi connectivity index (χ4n) is 2.19. The molecule has 1 aromatic carbocycles. The minimum Gasteiger partial charge on any atom is -0.305 e. The Balaban J connectivity index is 2.34. The zero-order valence-corrected chi connectivity index (χ0v) is 11.9. The van der Waals surface area contributed by atoms with E-state index in [2.05, 4.69) is 10.3 Å². The summed E-state index contributed by atoms with van der Waals surface area (Å²) in [5.74, 6) is 0. The summed E-state index contributed by atoms with van der Waals surface area (Å²) < 4.78 is 37.8. The van der Waals surface area contributed by atoms with Gasteiger partial charge in [0.15, 0.2) is 0 Å². The number of nitrogens with zero attached hydrogens (tertiary/aromatic N) is 1. The second-order valence-corrected chi connectivity index (χ2v) is 4.81. The van der Waals surface area contributed by atoms with Gasteiger partial charge in [-0.2, -0.15) is 13.2 Å². The molecular weight excluding hydrogens is 277 g/mol. The number of alkyl halides is 3. The van der Waals surface area contributed by atoms with Crippen LogP contribution in [0.2, 0.25) is 0 Å². The molecule has 2 rings (SSSR count). The highest BCUT2D eigenvalue weighted by atomic mass is 19.4. The Labute approximate surface area is 122 Å².